The summed E-state index contributed by atoms with van der Waals surface area (Å²) in [6, 6.07) is 6.84. The second kappa shape index (κ2) is 7.12. The highest BCUT2D eigenvalue weighted by Crippen LogP contribution is 2.50. The van der Waals surface area contributed by atoms with Crippen LogP contribution in [0.4, 0.5) is 0 Å². The first-order chi connectivity index (χ1) is 14.0. The second-order valence-corrected chi connectivity index (χ2v) is 6.49. The first-order valence-electron chi connectivity index (χ1n) is 8.81. The molecule has 152 valence electrons. The molecule has 0 saturated carbocycles. The molecule has 2 aromatic rings. The van der Waals surface area contributed by atoms with Crippen LogP contribution >= 0.6 is 0 Å². The van der Waals surface area contributed by atoms with Crippen LogP contribution in [0.15, 0.2) is 35.6 Å². The largest absolute Gasteiger partial charge is 0.545 e. The van der Waals surface area contributed by atoms with Crippen LogP contribution in [0.1, 0.15) is 24.0 Å². The quantitative estimate of drug-likeness (QED) is 0.753. The molecule has 2 aromatic carbocycles. The van der Waals surface area contributed by atoms with E-state index in [2.05, 4.69) is 0 Å². The van der Waals surface area contributed by atoms with Crippen LogP contribution < -0.4 is 33.5 Å². The Morgan fingerprint density at radius 1 is 0.966 bits per heavy atom. The summed E-state index contributed by atoms with van der Waals surface area (Å²) >= 11 is 0. The van der Waals surface area contributed by atoms with Crippen molar-refractivity contribution in [1.82, 2.24) is 0 Å². The Bertz CT molecular complexity index is 999. The first kappa shape index (κ1) is 18.8. The molecule has 0 saturated heterocycles. The number of aliphatic carboxylic acids is 1. The van der Waals surface area contributed by atoms with Crippen molar-refractivity contribution in [1.29, 1.82) is 0 Å². The summed E-state index contributed by atoms with van der Waals surface area (Å²) in [5, 5.41) is 12.0. The zero-order valence-electron chi connectivity index (χ0n) is 16.4. The topological polar surface area (TPSA) is 95.5 Å². The molecule has 0 amide bonds. The van der Waals surface area contributed by atoms with Crippen LogP contribution in [0, 0.1) is 0 Å². The number of carboxylic acids is 1. The van der Waals surface area contributed by atoms with Crippen LogP contribution in [0.25, 0.3) is 0 Å². The predicted octanol–water partition coefficient (Wildman–Crippen LogP) is 1.99. The van der Waals surface area contributed by atoms with E-state index < -0.39 is 11.9 Å². The van der Waals surface area contributed by atoms with Crippen molar-refractivity contribution in [3.05, 3.63) is 46.7 Å². The van der Waals surface area contributed by atoms with E-state index in [-0.39, 0.29) is 18.1 Å². The first-order valence-corrected chi connectivity index (χ1v) is 8.81. The predicted molar refractivity (Wildman–Crippen MR) is 98.8 cm³/mol. The third-order valence-electron chi connectivity index (χ3n) is 4.99. The highest BCUT2D eigenvalue weighted by molar-refractivity contribution is 5.90. The Morgan fingerprint density at radius 2 is 1.59 bits per heavy atom. The van der Waals surface area contributed by atoms with Gasteiger partial charge in [-0.05, 0) is 30.7 Å². The van der Waals surface area contributed by atoms with Gasteiger partial charge >= 0.3 is 0 Å². The minimum Gasteiger partial charge on any atom is -0.545 e. The molecule has 0 bridgehead atoms. The van der Waals surface area contributed by atoms with E-state index >= 15 is 0 Å². The van der Waals surface area contributed by atoms with Gasteiger partial charge in [-0.25, -0.2) is 0 Å². The van der Waals surface area contributed by atoms with Gasteiger partial charge in [0.25, 0.3) is 0 Å². The molecule has 29 heavy (non-hydrogen) atoms. The minimum absolute atomic E-state index is 0.00522. The third-order valence-corrected chi connectivity index (χ3v) is 4.99. The second-order valence-electron chi connectivity index (χ2n) is 6.49. The number of carbonyl (C=O) groups is 1. The molecule has 2 aliphatic rings. The monoisotopic (exact) mass is 399 g/mol. The lowest BCUT2D eigenvalue weighted by Crippen LogP contribution is -2.32. The zero-order valence-corrected chi connectivity index (χ0v) is 16.4. The molecular weight excluding hydrogens is 380 g/mol. The number of benzene rings is 2. The van der Waals surface area contributed by atoms with Gasteiger partial charge in [-0.1, -0.05) is 0 Å². The van der Waals surface area contributed by atoms with Gasteiger partial charge in [-0.2, -0.15) is 0 Å². The maximum Gasteiger partial charge on any atom is 0.231 e. The number of hydrogen-bond donors (Lipinski definition) is 0. The van der Waals surface area contributed by atoms with E-state index in [9.17, 15) is 9.90 Å². The van der Waals surface area contributed by atoms with Gasteiger partial charge in [0.15, 0.2) is 23.0 Å². The van der Waals surface area contributed by atoms with Gasteiger partial charge < -0.3 is 38.3 Å². The number of methoxy groups -OCH3 is 3. The standard InChI is InChI=1S/C21H20O8/c1-10-18(21(22)23)19(11-5-16(24-2)20(26-4)17(6-11)25-3)12-7-14-15(28-9-27-14)8-13(12)29-10/h5-8,19H,9H2,1-4H3,(H,22,23)/p-1/t19-/m1/s1. The van der Waals surface area contributed by atoms with Crippen molar-refractivity contribution in [2.45, 2.75) is 12.8 Å². The van der Waals surface area contributed by atoms with Crippen LogP contribution in [-0.4, -0.2) is 34.1 Å². The summed E-state index contributed by atoms with van der Waals surface area (Å²) in [4.78, 5) is 12.0. The number of allylic oxidation sites excluding steroid dienone is 1. The Hall–Kier alpha value is -3.55. The van der Waals surface area contributed by atoms with Crippen molar-refractivity contribution in [3.63, 3.8) is 0 Å². The summed E-state index contributed by atoms with van der Waals surface area (Å²) < 4.78 is 32.9. The maximum absolute atomic E-state index is 12.0. The Labute approximate surface area is 167 Å². The molecule has 0 fully saturated rings. The lowest BCUT2D eigenvalue weighted by atomic mass is 9.81. The Kier molecular flexibility index (Phi) is 4.62. The molecule has 0 aromatic heterocycles. The zero-order chi connectivity index (χ0) is 20.7. The van der Waals surface area contributed by atoms with Crippen molar-refractivity contribution in [3.8, 4) is 34.5 Å². The van der Waals surface area contributed by atoms with E-state index in [4.69, 9.17) is 28.4 Å². The Balaban J connectivity index is 1.97. The van der Waals surface area contributed by atoms with E-state index in [1.54, 1.807) is 31.2 Å². The molecule has 0 N–H and O–H groups in total. The lowest BCUT2D eigenvalue weighted by molar-refractivity contribution is -0.299. The summed E-state index contributed by atoms with van der Waals surface area (Å²) in [5.41, 5.74) is 1.22. The molecule has 1 atom stereocenters. The molecule has 2 heterocycles. The normalized spacial score (nSPS) is 16.8. The Morgan fingerprint density at radius 3 is 2.14 bits per heavy atom. The van der Waals surface area contributed by atoms with Crippen molar-refractivity contribution in [2.75, 3.05) is 28.1 Å². The molecule has 0 aliphatic carbocycles. The average molecular weight is 399 g/mol. The summed E-state index contributed by atoms with van der Waals surface area (Å²) in [6.07, 6.45) is 0. The van der Waals surface area contributed by atoms with Gasteiger partial charge in [0.1, 0.15) is 11.5 Å². The highest BCUT2D eigenvalue weighted by atomic mass is 16.7. The van der Waals surface area contributed by atoms with Gasteiger partial charge in [0.2, 0.25) is 12.5 Å². The van der Waals surface area contributed by atoms with Crippen LogP contribution in [0.5, 0.6) is 34.5 Å². The fourth-order valence-electron chi connectivity index (χ4n) is 3.71. The van der Waals surface area contributed by atoms with Crippen molar-refractivity contribution < 1.29 is 38.3 Å². The van der Waals surface area contributed by atoms with E-state index in [0.717, 1.165) is 0 Å². The fourth-order valence-corrected chi connectivity index (χ4v) is 3.71. The minimum atomic E-state index is -1.33. The molecule has 0 spiro atoms. The number of fused-ring (bicyclic) bond motifs is 2. The molecule has 8 heteroatoms. The molecule has 2 aliphatic heterocycles. The third kappa shape index (κ3) is 2.97. The van der Waals surface area contributed by atoms with Crippen molar-refractivity contribution in [2.24, 2.45) is 0 Å². The molecule has 4 rings (SSSR count). The molecular formula is C21H19O8-. The lowest BCUT2D eigenvalue weighted by Gasteiger charge is -2.31. The van der Waals surface area contributed by atoms with Crippen LogP contribution in [0.3, 0.4) is 0 Å². The van der Waals surface area contributed by atoms with Crippen LogP contribution in [-0.2, 0) is 4.79 Å². The fraction of sp³-hybridized carbons (Fsp3) is 0.286. The highest BCUT2D eigenvalue weighted by Gasteiger charge is 2.34. The summed E-state index contributed by atoms with van der Waals surface area (Å²) in [7, 11) is 4.50. The molecule has 0 radical (unpaired) electrons. The van der Waals surface area contributed by atoms with Gasteiger partial charge in [-0.3, -0.25) is 0 Å². The maximum atomic E-state index is 12.0. The SMILES string of the molecule is COc1cc([C@H]2C(C(=O)[O-])=C(C)Oc3cc4c(cc32)OCO4)cc(OC)c1OC. The molecule has 8 nitrogen and oxygen atoms in total. The van der Waals surface area contributed by atoms with Gasteiger partial charge in [0, 0.05) is 23.1 Å². The summed E-state index contributed by atoms with van der Waals surface area (Å²) in [5.74, 6) is 0.964. The van der Waals surface area contributed by atoms with Gasteiger partial charge in [0.05, 0.1) is 27.3 Å². The van der Waals surface area contributed by atoms with E-state index in [1.165, 1.54) is 21.3 Å². The number of rotatable bonds is 5. The smallest absolute Gasteiger partial charge is 0.231 e. The van der Waals surface area contributed by atoms with Crippen LogP contribution in [0.2, 0.25) is 0 Å². The number of hydrogen-bond acceptors (Lipinski definition) is 8. The number of ether oxygens (including phenoxy) is 6. The number of carboxylic acid groups (broad SMARTS) is 1. The average Bonchev–Trinajstić information content (AvgIpc) is 3.17. The number of carbonyl (C=O) groups excluding carboxylic acids is 1. The van der Waals surface area contributed by atoms with Crippen molar-refractivity contribution >= 4 is 5.97 Å². The van der Waals surface area contributed by atoms with E-state index in [1.807, 2.05) is 0 Å². The van der Waals surface area contributed by atoms with Gasteiger partial charge in [-0.15, -0.1) is 0 Å². The van der Waals surface area contributed by atoms with E-state index in [0.29, 0.717) is 45.6 Å². The summed E-state index contributed by atoms with van der Waals surface area (Å²) in [6.45, 7) is 1.68. The molecule has 0 unspecified atom stereocenters.